The van der Waals surface area contributed by atoms with Crippen LogP contribution in [-0.2, 0) is 6.18 Å². The molecule has 0 aliphatic heterocycles. The molecule has 0 fully saturated rings. The number of Topliss-reactive ketones (excluding diaryl/α,β-unsaturated/α-hetero) is 1. The lowest BCUT2D eigenvalue weighted by Gasteiger charge is -2.23. The van der Waals surface area contributed by atoms with Crippen LogP contribution in [0.1, 0.15) is 33.2 Å². The van der Waals surface area contributed by atoms with Crippen molar-refractivity contribution >= 4 is 23.1 Å². The molecule has 0 spiro atoms. The molecule has 2 atom stereocenters. The van der Waals surface area contributed by atoms with E-state index in [-0.39, 0.29) is 16.8 Å². The zero-order valence-electron chi connectivity index (χ0n) is 15.4. The SMILES string of the molecule is N=C(c1ccc(C(F)(F)F)cc1)C(C(=O)c1cccc(Cl)c1)C(O)c1cccnc1. The maximum atomic E-state index is 13.2. The van der Waals surface area contributed by atoms with E-state index in [1.54, 1.807) is 24.3 Å². The van der Waals surface area contributed by atoms with Crippen molar-refractivity contribution in [2.75, 3.05) is 0 Å². The number of ketones is 1. The molecule has 2 unspecified atom stereocenters. The van der Waals surface area contributed by atoms with E-state index in [1.165, 1.54) is 24.5 Å². The Morgan fingerprint density at radius 3 is 2.30 bits per heavy atom. The van der Waals surface area contributed by atoms with Crippen molar-refractivity contribution in [3.05, 3.63) is 100 Å². The van der Waals surface area contributed by atoms with E-state index in [2.05, 4.69) is 4.98 Å². The van der Waals surface area contributed by atoms with Gasteiger partial charge in [0.2, 0.25) is 0 Å². The second kappa shape index (κ2) is 8.77. The number of aliphatic hydroxyl groups excluding tert-OH is 1. The number of nitrogens with zero attached hydrogens (tertiary/aromatic N) is 1. The van der Waals surface area contributed by atoms with Crippen LogP contribution in [0.3, 0.4) is 0 Å². The first-order valence-corrected chi connectivity index (χ1v) is 9.20. The number of rotatable bonds is 6. The first-order chi connectivity index (χ1) is 14.2. The highest BCUT2D eigenvalue weighted by Crippen LogP contribution is 2.32. The summed E-state index contributed by atoms with van der Waals surface area (Å²) < 4.78 is 38.5. The van der Waals surface area contributed by atoms with E-state index in [0.29, 0.717) is 10.6 Å². The summed E-state index contributed by atoms with van der Waals surface area (Å²) in [7, 11) is 0. The maximum Gasteiger partial charge on any atom is 0.416 e. The second-order valence-corrected chi connectivity index (χ2v) is 7.01. The van der Waals surface area contributed by atoms with Crippen molar-refractivity contribution in [3.63, 3.8) is 0 Å². The molecule has 1 aromatic heterocycles. The molecule has 3 aromatic rings. The predicted octanol–water partition coefficient (Wildman–Crippen LogP) is 5.35. The summed E-state index contributed by atoms with van der Waals surface area (Å²) in [4.78, 5) is 17.1. The van der Waals surface area contributed by atoms with Gasteiger partial charge in [-0.3, -0.25) is 9.78 Å². The molecule has 154 valence electrons. The third-order valence-corrected chi connectivity index (χ3v) is 4.80. The van der Waals surface area contributed by atoms with Crippen LogP contribution in [0.25, 0.3) is 0 Å². The molecular weight excluding hydrogens is 417 g/mol. The summed E-state index contributed by atoms with van der Waals surface area (Å²) in [6.45, 7) is 0. The minimum Gasteiger partial charge on any atom is -0.387 e. The lowest BCUT2D eigenvalue weighted by atomic mass is 9.82. The van der Waals surface area contributed by atoms with E-state index in [4.69, 9.17) is 17.0 Å². The van der Waals surface area contributed by atoms with Crippen molar-refractivity contribution in [2.24, 2.45) is 5.92 Å². The van der Waals surface area contributed by atoms with Gasteiger partial charge in [0.15, 0.2) is 5.78 Å². The van der Waals surface area contributed by atoms with Gasteiger partial charge in [0.05, 0.1) is 23.3 Å². The van der Waals surface area contributed by atoms with Crippen LogP contribution in [0, 0.1) is 11.3 Å². The average Bonchev–Trinajstić information content (AvgIpc) is 2.73. The first-order valence-electron chi connectivity index (χ1n) is 8.82. The van der Waals surface area contributed by atoms with E-state index in [1.807, 2.05) is 0 Å². The highest BCUT2D eigenvalue weighted by molar-refractivity contribution is 6.31. The lowest BCUT2D eigenvalue weighted by molar-refractivity contribution is -0.137. The predicted molar refractivity (Wildman–Crippen MR) is 107 cm³/mol. The zero-order valence-corrected chi connectivity index (χ0v) is 16.2. The number of alkyl halides is 3. The van der Waals surface area contributed by atoms with E-state index in [9.17, 15) is 23.1 Å². The number of pyridine rings is 1. The Morgan fingerprint density at radius 1 is 1.03 bits per heavy atom. The molecule has 0 aliphatic rings. The molecule has 0 bridgehead atoms. The molecular formula is C22H16ClF3N2O2. The number of hydrogen-bond donors (Lipinski definition) is 2. The van der Waals surface area contributed by atoms with Gasteiger partial charge in [0.25, 0.3) is 0 Å². The molecule has 4 nitrogen and oxygen atoms in total. The summed E-state index contributed by atoms with van der Waals surface area (Å²) in [6.07, 6.45) is -3.10. The molecule has 0 amide bonds. The number of halogens is 4. The Morgan fingerprint density at radius 2 is 1.73 bits per heavy atom. The fourth-order valence-corrected chi connectivity index (χ4v) is 3.21. The van der Waals surface area contributed by atoms with Gasteiger partial charge >= 0.3 is 6.18 Å². The third-order valence-electron chi connectivity index (χ3n) is 4.57. The molecule has 0 aliphatic carbocycles. The van der Waals surface area contributed by atoms with Crippen LogP contribution in [0.5, 0.6) is 0 Å². The fourth-order valence-electron chi connectivity index (χ4n) is 3.02. The number of aliphatic hydroxyl groups is 1. The Labute approximate surface area is 175 Å². The Bertz CT molecular complexity index is 1050. The number of carbonyl (C=O) groups excluding carboxylic acids is 1. The van der Waals surface area contributed by atoms with Crippen molar-refractivity contribution in [2.45, 2.75) is 12.3 Å². The fraction of sp³-hybridized carbons (Fsp3) is 0.136. The van der Waals surface area contributed by atoms with Crippen molar-refractivity contribution in [1.82, 2.24) is 4.98 Å². The number of aromatic nitrogens is 1. The van der Waals surface area contributed by atoms with Crippen LogP contribution >= 0.6 is 11.6 Å². The quantitative estimate of drug-likeness (QED) is 0.407. The third kappa shape index (κ3) is 4.75. The van der Waals surface area contributed by atoms with Crippen LogP contribution in [0.4, 0.5) is 13.2 Å². The molecule has 8 heteroatoms. The van der Waals surface area contributed by atoms with E-state index in [0.717, 1.165) is 24.3 Å². The second-order valence-electron chi connectivity index (χ2n) is 6.57. The van der Waals surface area contributed by atoms with Crippen molar-refractivity contribution in [3.8, 4) is 0 Å². The highest BCUT2D eigenvalue weighted by atomic mass is 35.5. The topological polar surface area (TPSA) is 74.0 Å². The van der Waals surface area contributed by atoms with E-state index < -0.39 is 29.5 Å². The lowest BCUT2D eigenvalue weighted by Crippen LogP contribution is -2.31. The van der Waals surface area contributed by atoms with Crippen molar-refractivity contribution < 1.29 is 23.1 Å². The number of nitrogens with one attached hydrogen (secondary N) is 1. The van der Waals surface area contributed by atoms with Gasteiger partial charge in [-0.25, -0.2) is 0 Å². The number of carbonyl (C=O) groups is 1. The molecule has 0 saturated heterocycles. The molecule has 1 heterocycles. The van der Waals surface area contributed by atoms with E-state index >= 15 is 0 Å². The maximum absolute atomic E-state index is 13.2. The van der Waals surface area contributed by atoms with Crippen LogP contribution in [-0.4, -0.2) is 21.6 Å². The Kier molecular flexibility index (Phi) is 6.34. The summed E-state index contributed by atoms with van der Waals surface area (Å²) in [6, 6.07) is 13.1. The van der Waals surface area contributed by atoms with Crippen LogP contribution in [0.2, 0.25) is 5.02 Å². The van der Waals surface area contributed by atoms with Gasteiger partial charge in [-0.15, -0.1) is 0 Å². The Balaban J connectivity index is 2.02. The molecule has 2 N–H and O–H groups in total. The summed E-state index contributed by atoms with van der Waals surface area (Å²) in [5, 5.41) is 19.7. The highest BCUT2D eigenvalue weighted by Gasteiger charge is 2.35. The van der Waals surface area contributed by atoms with Gasteiger partial charge in [-0.2, -0.15) is 13.2 Å². The standard InChI is InChI=1S/C22H16ClF3N2O2/c23-17-5-1-3-14(11-17)20(29)18(21(30)15-4-2-10-28-12-15)19(27)13-6-8-16(9-7-13)22(24,25)26/h1-12,18,21,27,30H. The van der Waals surface area contributed by atoms with Gasteiger partial charge in [0.1, 0.15) is 0 Å². The summed E-state index contributed by atoms with van der Waals surface area (Å²) in [5.41, 5.74) is -0.623. The molecule has 3 rings (SSSR count). The number of hydrogen-bond acceptors (Lipinski definition) is 4. The number of benzene rings is 2. The van der Waals surface area contributed by atoms with Crippen molar-refractivity contribution in [1.29, 1.82) is 5.41 Å². The molecule has 30 heavy (non-hydrogen) atoms. The van der Waals surface area contributed by atoms with Gasteiger partial charge in [-0.05, 0) is 41.5 Å². The van der Waals surface area contributed by atoms with Crippen LogP contribution in [0.15, 0.2) is 73.1 Å². The van der Waals surface area contributed by atoms with Gasteiger partial charge in [0, 0.05) is 23.0 Å². The minimum atomic E-state index is -4.52. The normalized spacial score (nSPS) is 13.5. The largest absolute Gasteiger partial charge is 0.416 e. The summed E-state index contributed by atoms with van der Waals surface area (Å²) in [5.74, 6) is -1.96. The summed E-state index contributed by atoms with van der Waals surface area (Å²) >= 11 is 5.96. The monoisotopic (exact) mass is 432 g/mol. The smallest absolute Gasteiger partial charge is 0.387 e. The van der Waals surface area contributed by atoms with Gasteiger partial charge < -0.3 is 10.5 Å². The van der Waals surface area contributed by atoms with Gasteiger partial charge in [-0.1, -0.05) is 41.9 Å². The average molecular weight is 433 g/mol. The van der Waals surface area contributed by atoms with Crippen LogP contribution < -0.4 is 0 Å². The Hall–Kier alpha value is -3.03. The molecule has 0 radical (unpaired) electrons. The minimum absolute atomic E-state index is 0.0892. The first kappa shape index (κ1) is 21.7. The zero-order chi connectivity index (χ0) is 21.9. The molecule has 0 saturated carbocycles. The molecule has 2 aromatic carbocycles.